The first-order valence-electron chi connectivity index (χ1n) is 4.29. The number of carbonyl (C=O) groups is 1. The molecule has 14 heavy (non-hydrogen) atoms. The molecule has 1 aromatic carbocycles. The van der Waals surface area contributed by atoms with Crippen molar-refractivity contribution in [2.45, 2.75) is 6.42 Å². The van der Waals surface area contributed by atoms with E-state index in [0.717, 1.165) is 22.8 Å². The highest BCUT2D eigenvalue weighted by Crippen LogP contribution is 2.19. The molecule has 0 aliphatic carbocycles. The lowest BCUT2D eigenvalue weighted by Gasteiger charge is -2.02. The number of aromatic nitrogens is 1. The van der Waals surface area contributed by atoms with Crippen LogP contribution in [0.3, 0.4) is 0 Å². The van der Waals surface area contributed by atoms with Crippen LogP contribution in [-0.4, -0.2) is 11.3 Å². The van der Waals surface area contributed by atoms with Gasteiger partial charge in [-0.2, -0.15) is 0 Å². The number of hydrogen-bond donors (Lipinski definition) is 0. The molecule has 3 heteroatoms. The molecule has 70 valence electrons. The van der Waals surface area contributed by atoms with E-state index in [2.05, 4.69) is 4.98 Å². The molecule has 0 aliphatic heterocycles. The van der Waals surface area contributed by atoms with E-state index in [-0.39, 0.29) is 0 Å². The third-order valence-electron chi connectivity index (χ3n) is 2.07. The number of nitrogens with zero attached hydrogens (tertiary/aromatic N) is 1. The molecular formula is C11H8ClNO. The predicted octanol–water partition coefficient (Wildman–Crippen LogP) is 2.63. The Balaban J connectivity index is 2.70. The van der Waals surface area contributed by atoms with Crippen LogP contribution in [0.2, 0.25) is 5.15 Å². The minimum atomic E-state index is 0.380. The van der Waals surface area contributed by atoms with E-state index >= 15 is 0 Å². The van der Waals surface area contributed by atoms with Crippen LogP contribution in [0, 0.1) is 0 Å². The fraction of sp³-hybridized carbons (Fsp3) is 0.0909. The summed E-state index contributed by atoms with van der Waals surface area (Å²) in [5, 5.41) is 1.46. The molecule has 0 aliphatic rings. The van der Waals surface area contributed by atoms with Gasteiger partial charge in [-0.1, -0.05) is 29.8 Å². The summed E-state index contributed by atoms with van der Waals surface area (Å²) in [5.74, 6) is 0. The Bertz CT molecular complexity index is 482. The van der Waals surface area contributed by atoms with E-state index in [1.54, 1.807) is 6.07 Å². The van der Waals surface area contributed by atoms with Crippen LogP contribution in [0.15, 0.2) is 30.3 Å². The van der Waals surface area contributed by atoms with Gasteiger partial charge < -0.3 is 4.79 Å². The molecular weight excluding hydrogens is 198 g/mol. The Labute approximate surface area is 86.5 Å². The highest BCUT2D eigenvalue weighted by Gasteiger charge is 2.01. The topological polar surface area (TPSA) is 30.0 Å². The third-order valence-corrected chi connectivity index (χ3v) is 2.28. The summed E-state index contributed by atoms with van der Waals surface area (Å²) >= 11 is 5.79. The van der Waals surface area contributed by atoms with Crippen LogP contribution in [-0.2, 0) is 11.2 Å². The number of hydrogen-bond acceptors (Lipinski definition) is 2. The average Bonchev–Trinajstić information content (AvgIpc) is 2.19. The second-order valence-corrected chi connectivity index (χ2v) is 3.38. The van der Waals surface area contributed by atoms with Crippen molar-refractivity contribution >= 4 is 28.8 Å². The van der Waals surface area contributed by atoms with E-state index in [1.165, 1.54) is 0 Å². The van der Waals surface area contributed by atoms with Crippen LogP contribution in [0.4, 0.5) is 0 Å². The van der Waals surface area contributed by atoms with Crippen LogP contribution in [0.25, 0.3) is 10.9 Å². The quantitative estimate of drug-likeness (QED) is 0.557. The molecule has 0 saturated heterocycles. The van der Waals surface area contributed by atoms with Crippen molar-refractivity contribution in [2.75, 3.05) is 0 Å². The maximum absolute atomic E-state index is 10.4. The van der Waals surface area contributed by atoms with E-state index in [0.29, 0.717) is 11.6 Å². The number of pyridine rings is 1. The highest BCUT2D eigenvalue weighted by atomic mass is 35.5. The van der Waals surface area contributed by atoms with Gasteiger partial charge in [-0.15, -0.1) is 0 Å². The Kier molecular flexibility index (Phi) is 2.46. The number of benzene rings is 1. The second-order valence-electron chi connectivity index (χ2n) is 2.99. The summed E-state index contributed by atoms with van der Waals surface area (Å²) in [6.07, 6.45) is 1.25. The number of aldehydes is 1. The lowest BCUT2D eigenvalue weighted by molar-refractivity contribution is -0.107. The Hall–Kier alpha value is -1.41. The van der Waals surface area contributed by atoms with Crippen LogP contribution < -0.4 is 0 Å². The van der Waals surface area contributed by atoms with Crippen molar-refractivity contribution in [2.24, 2.45) is 0 Å². The van der Waals surface area contributed by atoms with Gasteiger partial charge >= 0.3 is 0 Å². The fourth-order valence-electron chi connectivity index (χ4n) is 1.44. The van der Waals surface area contributed by atoms with Crippen LogP contribution in [0.1, 0.15) is 5.56 Å². The molecule has 0 amide bonds. The zero-order valence-corrected chi connectivity index (χ0v) is 8.16. The number of para-hydroxylation sites is 1. The zero-order valence-electron chi connectivity index (χ0n) is 7.40. The molecule has 0 unspecified atom stereocenters. The van der Waals surface area contributed by atoms with Crippen molar-refractivity contribution in [1.82, 2.24) is 4.98 Å². The van der Waals surface area contributed by atoms with Gasteiger partial charge in [0.15, 0.2) is 0 Å². The lowest BCUT2D eigenvalue weighted by atomic mass is 10.1. The smallest absolute Gasteiger partial charge is 0.129 e. The van der Waals surface area contributed by atoms with Crippen LogP contribution in [0.5, 0.6) is 0 Å². The molecule has 0 atom stereocenters. The SMILES string of the molecule is O=CCc1cccc2ccc(Cl)nc12. The van der Waals surface area contributed by atoms with Gasteiger partial charge in [0.1, 0.15) is 11.4 Å². The van der Waals surface area contributed by atoms with Gasteiger partial charge in [0, 0.05) is 11.8 Å². The van der Waals surface area contributed by atoms with Crippen molar-refractivity contribution in [3.05, 3.63) is 41.0 Å². The second kappa shape index (κ2) is 3.76. The predicted molar refractivity (Wildman–Crippen MR) is 56.5 cm³/mol. The van der Waals surface area contributed by atoms with Gasteiger partial charge in [-0.3, -0.25) is 0 Å². The first kappa shape index (κ1) is 9.16. The molecule has 0 radical (unpaired) electrons. The first-order valence-corrected chi connectivity index (χ1v) is 4.67. The molecule has 2 rings (SSSR count). The molecule has 2 nitrogen and oxygen atoms in total. The molecule has 1 heterocycles. The highest BCUT2D eigenvalue weighted by molar-refractivity contribution is 6.29. The standard InChI is InChI=1S/C11H8ClNO/c12-10-5-4-8-2-1-3-9(6-7-14)11(8)13-10/h1-5,7H,6H2. The molecule has 0 N–H and O–H groups in total. The largest absolute Gasteiger partial charge is 0.303 e. The Morgan fingerprint density at radius 2 is 2.14 bits per heavy atom. The number of rotatable bonds is 2. The van der Waals surface area contributed by atoms with Crippen molar-refractivity contribution in [1.29, 1.82) is 0 Å². The maximum atomic E-state index is 10.4. The minimum Gasteiger partial charge on any atom is -0.303 e. The lowest BCUT2D eigenvalue weighted by Crippen LogP contribution is -1.90. The minimum absolute atomic E-state index is 0.380. The molecule has 0 fully saturated rings. The van der Waals surface area contributed by atoms with Gasteiger partial charge in [0.2, 0.25) is 0 Å². The molecule has 2 aromatic rings. The zero-order chi connectivity index (χ0) is 9.97. The van der Waals surface area contributed by atoms with Gasteiger partial charge in [0.25, 0.3) is 0 Å². The third kappa shape index (κ3) is 1.61. The summed E-state index contributed by atoms with van der Waals surface area (Å²) in [7, 11) is 0. The summed E-state index contributed by atoms with van der Waals surface area (Å²) in [4.78, 5) is 14.6. The van der Waals surface area contributed by atoms with Gasteiger partial charge in [-0.25, -0.2) is 4.98 Å². The Morgan fingerprint density at radius 1 is 1.29 bits per heavy atom. The molecule has 1 aromatic heterocycles. The number of carbonyl (C=O) groups excluding carboxylic acids is 1. The number of fused-ring (bicyclic) bond motifs is 1. The first-order chi connectivity index (χ1) is 6.81. The number of halogens is 1. The monoisotopic (exact) mass is 205 g/mol. The summed E-state index contributed by atoms with van der Waals surface area (Å²) in [6, 6.07) is 9.40. The van der Waals surface area contributed by atoms with E-state index in [9.17, 15) is 4.79 Å². The van der Waals surface area contributed by atoms with E-state index in [4.69, 9.17) is 11.6 Å². The van der Waals surface area contributed by atoms with Crippen LogP contribution >= 0.6 is 11.6 Å². The summed E-state index contributed by atoms with van der Waals surface area (Å²) in [5.41, 5.74) is 1.73. The van der Waals surface area contributed by atoms with Crippen molar-refractivity contribution in [3.8, 4) is 0 Å². The fourth-order valence-corrected chi connectivity index (χ4v) is 1.59. The van der Waals surface area contributed by atoms with Gasteiger partial charge in [0.05, 0.1) is 5.52 Å². The molecule has 0 spiro atoms. The van der Waals surface area contributed by atoms with Crippen molar-refractivity contribution < 1.29 is 4.79 Å². The van der Waals surface area contributed by atoms with Crippen molar-refractivity contribution in [3.63, 3.8) is 0 Å². The average molecular weight is 206 g/mol. The van der Waals surface area contributed by atoms with E-state index < -0.39 is 0 Å². The maximum Gasteiger partial charge on any atom is 0.129 e. The van der Waals surface area contributed by atoms with E-state index in [1.807, 2.05) is 24.3 Å². The molecule has 0 saturated carbocycles. The van der Waals surface area contributed by atoms with Gasteiger partial charge in [-0.05, 0) is 17.7 Å². The molecule has 0 bridgehead atoms. The normalized spacial score (nSPS) is 10.4. The Morgan fingerprint density at radius 3 is 2.93 bits per heavy atom. The summed E-state index contributed by atoms with van der Waals surface area (Å²) < 4.78 is 0. The summed E-state index contributed by atoms with van der Waals surface area (Å²) in [6.45, 7) is 0.